The smallest absolute Gasteiger partial charge is 0.0711 e. The number of fused-ring (bicyclic) bond motifs is 1. The third kappa shape index (κ3) is 3.06. The Kier molecular flexibility index (Phi) is 3.88. The van der Waals surface area contributed by atoms with Crippen molar-refractivity contribution in [1.82, 2.24) is 14.5 Å². The van der Waals surface area contributed by atoms with Crippen LogP contribution in [0.4, 0.5) is 5.69 Å². The van der Waals surface area contributed by atoms with Crippen LogP contribution in [-0.2, 0) is 13.1 Å². The lowest BCUT2D eigenvalue weighted by Crippen LogP contribution is -2.12. The van der Waals surface area contributed by atoms with Gasteiger partial charge in [-0.05, 0) is 37.9 Å². The van der Waals surface area contributed by atoms with Crippen molar-refractivity contribution in [1.29, 1.82) is 0 Å². The molecular formula is C17H20N4. The maximum absolute atomic E-state index is 4.37. The summed E-state index contributed by atoms with van der Waals surface area (Å²) < 4.78 is 1.91. The molecule has 4 heteroatoms. The molecule has 2 heterocycles. The van der Waals surface area contributed by atoms with E-state index in [0.29, 0.717) is 0 Å². The fourth-order valence-electron chi connectivity index (χ4n) is 2.49. The number of rotatable bonds is 5. The second kappa shape index (κ2) is 5.97. The summed E-state index contributed by atoms with van der Waals surface area (Å²) in [4.78, 5) is 2.18. The molecule has 0 aliphatic heterocycles. The van der Waals surface area contributed by atoms with Crippen LogP contribution < -0.4 is 5.32 Å². The summed E-state index contributed by atoms with van der Waals surface area (Å²) >= 11 is 0. The maximum Gasteiger partial charge on any atom is 0.0711 e. The second-order valence-corrected chi connectivity index (χ2v) is 5.45. The number of benzene rings is 1. The van der Waals surface area contributed by atoms with Crippen LogP contribution in [-0.4, -0.2) is 28.6 Å². The van der Waals surface area contributed by atoms with Gasteiger partial charge in [0.25, 0.3) is 0 Å². The number of hydrogen-bond donors (Lipinski definition) is 1. The first-order chi connectivity index (χ1) is 10.2. The monoisotopic (exact) mass is 280 g/mol. The number of para-hydroxylation sites is 1. The summed E-state index contributed by atoms with van der Waals surface area (Å²) in [6.45, 7) is 1.70. The van der Waals surface area contributed by atoms with Gasteiger partial charge in [0.1, 0.15) is 0 Å². The first kappa shape index (κ1) is 13.6. The van der Waals surface area contributed by atoms with Gasteiger partial charge in [-0.25, -0.2) is 4.52 Å². The molecule has 0 amide bonds. The minimum Gasteiger partial charge on any atom is -0.381 e. The van der Waals surface area contributed by atoms with Gasteiger partial charge in [0.15, 0.2) is 0 Å². The normalized spacial score (nSPS) is 11.2. The Morgan fingerprint density at radius 1 is 1.05 bits per heavy atom. The molecule has 0 fully saturated rings. The highest BCUT2D eigenvalue weighted by molar-refractivity contribution is 5.57. The van der Waals surface area contributed by atoms with E-state index in [2.05, 4.69) is 59.7 Å². The topological polar surface area (TPSA) is 32.6 Å². The van der Waals surface area contributed by atoms with Crippen LogP contribution in [0.5, 0.6) is 0 Å². The summed E-state index contributed by atoms with van der Waals surface area (Å²) in [6.07, 6.45) is 3.90. The van der Waals surface area contributed by atoms with E-state index in [-0.39, 0.29) is 0 Å². The van der Waals surface area contributed by atoms with Crippen LogP contribution in [0.25, 0.3) is 5.52 Å². The van der Waals surface area contributed by atoms with E-state index in [1.165, 1.54) is 16.8 Å². The van der Waals surface area contributed by atoms with Gasteiger partial charge >= 0.3 is 0 Å². The molecule has 1 N–H and O–H groups in total. The maximum atomic E-state index is 4.37. The largest absolute Gasteiger partial charge is 0.381 e. The van der Waals surface area contributed by atoms with Crippen molar-refractivity contribution >= 4 is 11.2 Å². The Hall–Kier alpha value is -2.33. The average Bonchev–Trinajstić information content (AvgIpc) is 2.89. The molecule has 0 spiro atoms. The van der Waals surface area contributed by atoms with Gasteiger partial charge in [-0.15, -0.1) is 0 Å². The SMILES string of the molecule is CN(C)Cc1ccccc1NCc1cnn2ccccc12. The molecular weight excluding hydrogens is 260 g/mol. The molecule has 0 aliphatic carbocycles. The summed E-state index contributed by atoms with van der Waals surface area (Å²) in [7, 11) is 4.17. The van der Waals surface area contributed by atoms with Gasteiger partial charge in [-0.1, -0.05) is 24.3 Å². The Balaban J connectivity index is 1.79. The number of nitrogens with one attached hydrogen (secondary N) is 1. The predicted octanol–water partition coefficient (Wildman–Crippen LogP) is 3.01. The Morgan fingerprint density at radius 2 is 1.86 bits per heavy atom. The Labute approximate surface area is 125 Å². The predicted molar refractivity (Wildman–Crippen MR) is 86.4 cm³/mol. The third-order valence-corrected chi connectivity index (χ3v) is 3.48. The molecule has 1 aromatic carbocycles. The molecule has 0 atom stereocenters. The average molecular weight is 280 g/mol. The molecule has 3 rings (SSSR count). The highest BCUT2D eigenvalue weighted by Crippen LogP contribution is 2.18. The zero-order valence-electron chi connectivity index (χ0n) is 12.5. The van der Waals surface area contributed by atoms with E-state index in [1.807, 2.05) is 29.0 Å². The number of hydrogen-bond acceptors (Lipinski definition) is 3. The Morgan fingerprint density at radius 3 is 2.71 bits per heavy atom. The fourth-order valence-corrected chi connectivity index (χ4v) is 2.49. The molecule has 108 valence electrons. The van der Waals surface area contributed by atoms with Gasteiger partial charge in [0, 0.05) is 30.5 Å². The molecule has 0 saturated carbocycles. The second-order valence-electron chi connectivity index (χ2n) is 5.45. The number of aromatic nitrogens is 2. The van der Waals surface area contributed by atoms with Crippen LogP contribution >= 0.6 is 0 Å². The quantitative estimate of drug-likeness (QED) is 0.780. The molecule has 4 nitrogen and oxygen atoms in total. The number of nitrogens with zero attached hydrogens (tertiary/aromatic N) is 3. The van der Waals surface area contributed by atoms with E-state index >= 15 is 0 Å². The molecule has 0 unspecified atom stereocenters. The van der Waals surface area contributed by atoms with Gasteiger partial charge < -0.3 is 10.2 Å². The molecule has 0 saturated heterocycles. The van der Waals surface area contributed by atoms with Crippen molar-refractivity contribution in [3.63, 3.8) is 0 Å². The van der Waals surface area contributed by atoms with Crippen molar-refractivity contribution in [2.45, 2.75) is 13.1 Å². The molecule has 0 aliphatic rings. The summed E-state index contributed by atoms with van der Waals surface area (Å²) in [5.74, 6) is 0. The summed E-state index contributed by atoms with van der Waals surface area (Å²) in [6, 6.07) is 14.6. The van der Waals surface area contributed by atoms with Gasteiger partial charge in [0.05, 0.1) is 11.7 Å². The van der Waals surface area contributed by atoms with Crippen LogP contribution in [0.3, 0.4) is 0 Å². The summed E-state index contributed by atoms with van der Waals surface area (Å²) in [5, 5.41) is 7.90. The van der Waals surface area contributed by atoms with Crippen molar-refractivity contribution in [3.05, 3.63) is 66.0 Å². The first-order valence-electron chi connectivity index (χ1n) is 7.12. The standard InChI is InChI=1S/C17H20N4/c1-20(2)13-14-7-3-4-8-16(14)18-11-15-12-19-21-10-6-5-9-17(15)21/h3-10,12,18H,11,13H2,1-2H3. The number of anilines is 1. The molecule has 0 bridgehead atoms. The van der Waals surface area contributed by atoms with Gasteiger partial charge in [0.2, 0.25) is 0 Å². The first-order valence-corrected chi connectivity index (χ1v) is 7.12. The number of pyridine rings is 1. The van der Waals surface area contributed by atoms with Crippen LogP contribution in [0.2, 0.25) is 0 Å². The molecule has 2 aromatic heterocycles. The van der Waals surface area contributed by atoms with E-state index in [1.54, 1.807) is 0 Å². The van der Waals surface area contributed by atoms with Crippen molar-refractivity contribution in [2.75, 3.05) is 19.4 Å². The lowest BCUT2D eigenvalue weighted by molar-refractivity contribution is 0.403. The van der Waals surface area contributed by atoms with Gasteiger partial charge in [-0.3, -0.25) is 0 Å². The lowest BCUT2D eigenvalue weighted by atomic mass is 10.1. The summed E-state index contributed by atoms with van der Waals surface area (Å²) in [5.41, 5.74) is 4.84. The van der Waals surface area contributed by atoms with E-state index in [4.69, 9.17) is 0 Å². The Bertz CT molecular complexity index is 730. The van der Waals surface area contributed by atoms with E-state index in [0.717, 1.165) is 18.6 Å². The third-order valence-electron chi connectivity index (χ3n) is 3.48. The molecule has 3 aromatic rings. The zero-order valence-corrected chi connectivity index (χ0v) is 12.5. The highest BCUT2D eigenvalue weighted by atomic mass is 15.2. The van der Waals surface area contributed by atoms with Crippen molar-refractivity contribution in [3.8, 4) is 0 Å². The van der Waals surface area contributed by atoms with E-state index in [9.17, 15) is 0 Å². The van der Waals surface area contributed by atoms with Crippen LogP contribution in [0, 0.1) is 0 Å². The minimum absolute atomic E-state index is 0.776. The highest BCUT2D eigenvalue weighted by Gasteiger charge is 2.06. The van der Waals surface area contributed by atoms with Crippen molar-refractivity contribution < 1.29 is 0 Å². The minimum atomic E-state index is 0.776. The van der Waals surface area contributed by atoms with E-state index < -0.39 is 0 Å². The van der Waals surface area contributed by atoms with Crippen LogP contribution in [0.1, 0.15) is 11.1 Å². The molecule has 21 heavy (non-hydrogen) atoms. The lowest BCUT2D eigenvalue weighted by Gasteiger charge is -2.15. The molecule has 0 radical (unpaired) electrons. The fraction of sp³-hybridized carbons (Fsp3) is 0.235. The van der Waals surface area contributed by atoms with Gasteiger partial charge in [-0.2, -0.15) is 5.10 Å². The zero-order chi connectivity index (χ0) is 14.7. The van der Waals surface area contributed by atoms with Crippen LogP contribution in [0.15, 0.2) is 54.9 Å². The van der Waals surface area contributed by atoms with Crippen molar-refractivity contribution in [2.24, 2.45) is 0 Å².